The van der Waals surface area contributed by atoms with Gasteiger partial charge in [-0.25, -0.2) is 0 Å². The fourth-order valence-electron chi connectivity index (χ4n) is 2.08. The summed E-state index contributed by atoms with van der Waals surface area (Å²) in [7, 11) is 0. The predicted octanol–water partition coefficient (Wildman–Crippen LogP) is 0.0140. The van der Waals surface area contributed by atoms with Crippen LogP contribution in [0.15, 0.2) is 4.99 Å². The number of aliphatic imine (C=N–C) groups is 1. The molecule has 1 fully saturated rings. The third-order valence-electron chi connectivity index (χ3n) is 2.96. The van der Waals surface area contributed by atoms with Crippen LogP contribution >= 0.6 is 0 Å². The highest BCUT2D eigenvalue weighted by molar-refractivity contribution is 6.07. The molecule has 2 unspecified atom stereocenters. The molecule has 90 valence electrons. The summed E-state index contributed by atoms with van der Waals surface area (Å²) in [6, 6.07) is -0.264. The average Bonchev–Trinajstić information content (AvgIpc) is 2.60. The summed E-state index contributed by atoms with van der Waals surface area (Å²) in [5.74, 6) is 0.685. The van der Waals surface area contributed by atoms with Gasteiger partial charge in [0.2, 0.25) is 5.91 Å². The lowest BCUT2D eigenvalue weighted by molar-refractivity contribution is -0.119. The molecule has 5 nitrogen and oxygen atoms in total. The zero-order chi connectivity index (χ0) is 11.5. The van der Waals surface area contributed by atoms with E-state index in [4.69, 9.17) is 4.74 Å². The summed E-state index contributed by atoms with van der Waals surface area (Å²) in [4.78, 5) is 18.0. The topological polar surface area (TPSA) is 53.9 Å². The van der Waals surface area contributed by atoms with Crippen molar-refractivity contribution in [3.05, 3.63) is 0 Å². The van der Waals surface area contributed by atoms with Gasteiger partial charge in [0.1, 0.15) is 18.0 Å². The molecule has 2 rings (SSSR count). The van der Waals surface area contributed by atoms with Gasteiger partial charge in [0.05, 0.1) is 6.61 Å². The van der Waals surface area contributed by atoms with Crippen molar-refractivity contribution in [1.82, 2.24) is 10.2 Å². The van der Waals surface area contributed by atoms with Crippen LogP contribution in [0.5, 0.6) is 0 Å². The van der Waals surface area contributed by atoms with Crippen molar-refractivity contribution in [3.63, 3.8) is 0 Å². The number of morpholine rings is 1. The monoisotopic (exact) mass is 225 g/mol. The van der Waals surface area contributed by atoms with Crippen LogP contribution in [0, 0.1) is 0 Å². The van der Waals surface area contributed by atoms with E-state index in [0.717, 1.165) is 26.1 Å². The Labute approximate surface area is 95.9 Å². The highest BCUT2D eigenvalue weighted by Crippen LogP contribution is 2.10. The van der Waals surface area contributed by atoms with E-state index in [2.05, 4.69) is 22.1 Å². The molecule has 2 aliphatic rings. The Bertz CT molecular complexity index is 302. The van der Waals surface area contributed by atoms with E-state index in [1.807, 2.05) is 0 Å². The average molecular weight is 225 g/mol. The van der Waals surface area contributed by atoms with Crippen LogP contribution in [0.4, 0.5) is 0 Å². The van der Waals surface area contributed by atoms with Crippen LogP contribution in [0.25, 0.3) is 0 Å². The summed E-state index contributed by atoms with van der Waals surface area (Å²) in [6.45, 7) is 7.57. The molecule has 5 heteroatoms. The number of ether oxygens (including phenoxy) is 1. The lowest BCUT2D eigenvalue weighted by atomic mass is 10.2. The highest BCUT2D eigenvalue weighted by atomic mass is 16.5. The predicted molar refractivity (Wildman–Crippen MR) is 61.5 cm³/mol. The van der Waals surface area contributed by atoms with Gasteiger partial charge in [-0.1, -0.05) is 6.92 Å². The number of nitrogens with one attached hydrogen (secondary N) is 1. The van der Waals surface area contributed by atoms with Crippen molar-refractivity contribution in [2.75, 3.05) is 26.2 Å². The van der Waals surface area contributed by atoms with Gasteiger partial charge >= 0.3 is 0 Å². The Balaban J connectivity index is 1.95. The Morgan fingerprint density at radius 1 is 1.62 bits per heavy atom. The number of hydrogen-bond acceptors (Lipinski definition) is 4. The van der Waals surface area contributed by atoms with Crippen molar-refractivity contribution >= 4 is 11.7 Å². The van der Waals surface area contributed by atoms with Gasteiger partial charge in [0, 0.05) is 13.1 Å². The third-order valence-corrected chi connectivity index (χ3v) is 2.96. The SMILES string of the molecule is CCCN1CCOC(C2=NC(C)C(=O)N2)C1. The minimum Gasteiger partial charge on any atom is -0.368 e. The lowest BCUT2D eigenvalue weighted by Gasteiger charge is -2.32. The smallest absolute Gasteiger partial charge is 0.249 e. The van der Waals surface area contributed by atoms with E-state index in [1.54, 1.807) is 6.92 Å². The number of amides is 1. The van der Waals surface area contributed by atoms with Gasteiger partial charge < -0.3 is 10.1 Å². The van der Waals surface area contributed by atoms with Crippen molar-refractivity contribution in [2.24, 2.45) is 4.99 Å². The normalized spacial score (nSPS) is 31.4. The van der Waals surface area contributed by atoms with Crippen molar-refractivity contribution < 1.29 is 9.53 Å². The first-order chi connectivity index (χ1) is 7.70. The maximum atomic E-state index is 11.3. The molecule has 16 heavy (non-hydrogen) atoms. The molecule has 1 amide bonds. The Kier molecular flexibility index (Phi) is 3.56. The van der Waals surface area contributed by atoms with Crippen molar-refractivity contribution in [1.29, 1.82) is 0 Å². The van der Waals surface area contributed by atoms with Gasteiger partial charge in [-0.05, 0) is 19.9 Å². The van der Waals surface area contributed by atoms with E-state index in [0.29, 0.717) is 12.4 Å². The molecule has 2 heterocycles. The zero-order valence-electron chi connectivity index (χ0n) is 9.90. The zero-order valence-corrected chi connectivity index (χ0v) is 9.90. The molecule has 0 aromatic heterocycles. The molecule has 0 aromatic carbocycles. The standard InChI is InChI=1S/C11H19N3O2/c1-3-4-14-5-6-16-9(7-14)10-12-8(2)11(15)13-10/h8-9H,3-7H2,1-2H3,(H,12,13,15). The van der Waals surface area contributed by atoms with Crippen LogP contribution in [0.3, 0.4) is 0 Å². The molecule has 1 saturated heterocycles. The minimum atomic E-state index is -0.264. The molecular weight excluding hydrogens is 206 g/mol. The first kappa shape index (κ1) is 11.5. The number of hydrogen-bond donors (Lipinski definition) is 1. The number of rotatable bonds is 3. The van der Waals surface area contributed by atoms with Gasteiger partial charge in [-0.3, -0.25) is 14.7 Å². The Hall–Kier alpha value is -0.940. The maximum absolute atomic E-state index is 11.3. The number of carbonyl (C=O) groups is 1. The first-order valence-electron chi connectivity index (χ1n) is 5.93. The van der Waals surface area contributed by atoms with E-state index in [1.165, 1.54) is 0 Å². The summed E-state index contributed by atoms with van der Waals surface area (Å²) >= 11 is 0. The van der Waals surface area contributed by atoms with E-state index in [-0.39, 0.29) is 18.1 Å². The van der Waals surface area contributed by atoms with Crippen LogP contribution in [-0.2, 0) is 9.53 Å². The molecule has 1 N–H and O–H groups in total. The van der Waals surface area contributed by atoms with E-state index >= 15 is 0 Å². The second-order valence-electron chi connectivity index (χ2n) is 4.34. The van der Waals surface area contributed by atoms with Gasteiger partial charge in [-0.15, -0.1) is 0 Å². The van der Waals surface area contributed by atoms with Gasteiger partial charge in [0.15, 0.2) is 0 Å². The molecule has 0 bridgehead atoms. The number of amidine groups is 1. The quantitative estimate of drug-likeness (QED) is 0.736. The fourth-order valence-corrected chi connectivity index (χ4v) is 2.08. The Morgan fingerprint density at radius 3 is 3.06 bits per heavy atom. The first-order valence-corrected chi connectivity index (χ1v) is 5.93. The van der Waals surface area contributed by atoms with Gasteiger partial charge in [0.25, 0.3) is 0 Å². The summed E-state index contributed by atoms with van der Waals surface area (Å²) in [6.07, 6.45) is 1.08. The molecule has 0 saturated carbocycles. The molecule has 0 aromatic rings. The molecule has 0 spiro atoms. The summed E-state index contributed by atoms with van der Waals surface area (Å²) in [5, 5.41) is 2.80. The second-order valence-corrected chi connectivity index (χ2v) is 4.34. The number of nitrogens with zero attached hydrogens (tertiary/aromatic N) is 2. The highest BCUT2D eigenvalue weighted by Gasteiger charge is 2.31. The van der Waals surface area contributed by atoms with E-state index in [9.17, 15) is 4.79 Å². The number of carbonyl (C=O) groups excluding carboxylic acids is 1. The van der Waals surface area contributed by atoms with E-state index < -0.39 is 0 Å². The van der Waals surface area contributed by atoms with Gasteiger partial charge in [-0.2, -0.15) is 0 Å². The molecule has 0 aliphatic carbocycles. The summed E-state index contributed by atoms with van der Waals surface area (Å²) < 4.78 is 5.65. The molecule has 2 aliphatic heterocycles. The third kappa shape index (κ3) is 2.41. The van der Waals surface area contributed by atoms with Crippen LogP contribution in [-0.4, -0.2) is 55.0 Å². The minimum absolute atomic E-state index is 0.0220. The molecule has 2 atom stereocenters. The molecular formula is C11H19N3O2. The van der Waals surface area contributed by atoms with Crippen LogP contribution < -0.4 is 5.32 Å². The molecule has 0 radical (unpaired) electrons. The Morgan fingerprint density at radius 2 is 2.44 bits per heavy atom. The fraction of sp³-hybridized carbons (Fsp3) is 0.818. The second kappa shape index (κ2) is 4.93. The largest absolute Gasteiger partial charge is 0.368 e. The van der Waals surface area contributed by atoms with Crippen molar-refractivity contribution in [3.8, 4) is 0 Å². The van der Waals surface area contributed by atoms with Crippen LogP contribution in [0.2, 0.25) is 0 Å². The lowest BCUT2D eigenvalue weighted by Crippen LogP contribution is -2.49. The van der Waals surface area contributed by atoms with Crippen LogP contribution in [0.1, 0.15) is 20.3 Å². The van der Waals surface area contributed by atoms with Crippen molar-refractivity contribution in [2.45, 2.75) is 32.4 Å². The maximum Gasteiger partial charge on any atom is 0.249 e. The summed E-state index contributed by atoms with van der Waals surface area (Å²) in [5.41, 5.74) is 0.